The fourth-order valence-corrected chi connectivity index (χ4v) is 1.76. The number of nitrogens with zero attached hydrogens (tertiary/aromatic N) is 1. The lowest BCUT2D eigenvalue weighted by Crippen LogP contribution is -2.41. The number of rotatable bonds is 3. The Bertz CT molecular complexity index is 470. The van der Waals surface area contributed by atoms with Crippen molar-refractivity contribution in [3.63, 3.8) is 0 Å². The number of benzene rings is 1. The highest BCUT2D eigenvalue weighted by atomic mass is 16.5. The zero-order valence-corrected chi connectivity index (χ0v) is 9.43. The molecule has 17 heavy (non-hydrogen) atoms. The van der Waals surface area contributed by atoms with Gasteiger partial charge in [0.05, 0.1) is 5.69 Å². The molecular formula is C12H12NO4-. The van der Waals surface area contributed by atoms with Gasteiger partial charge in [0.2, 0.25) is 0 Å². The number of carboxylic acid groups (broad SMARTS) is 1. The summed E-state index contributed by atoms with van der Waals surface area (Å²) in [5.74, 6) is -0.795. The van der Waals surface area contributed by atoms with Gasteiger partial charge >= 0.3 is 0 Å². The quantitative estimate of drug-likeness (QED) is 0.730. The van der Waals surface area contributed by atoms with Crippen molar-refractivity contribution < 1.29 is 19.4 Å². The minimum absolute atomic E-state index is 0.0525. The van der Waals surface area contributed by atoms with Gasteiger partial charge in [0.25, 0.3) is 5.91 Å². The van der Waals surface area contributed by atoms with Crippen LogP contribution < -0.4 is 14.7 Å². The maximum absolute atomic E-state index is 11.7. The summed E-state index contributed by atoms with van der Waals surface area (Å²) in [5, 5.41) is 10.4. The van der Waals surface area contributed by atoms with E-state index in [2.05, 4.69) is 0 Å². The molecule has 1 aromatic rings. The lowest BCUT2D eigenvalue weighted by Gasteiger charge is -2.29. The van der Waals surface area contributed by atoms with E-state index >= 15 is 0 Å². The van der Waals surface area contributed by atoms with Crippen molar-refractivity contribution >= 4 is 17.6 Å². The first-order valence-corrected chi connectivity index (χ1v) is 5.31. The van der Waals surface area contributed by atoms with Gasteiger partial charge in [-0.15, -0.1) is 0 Å². The summed E-state index contributed by atoms with van der Waals surface area (Å²) in [5.41, 5.74) is 1.61. The molecule has 1 aromatic carbocycles. The molecule has 0 N–H and O–H groups in total. The highest BCUT2D eigenvalue weighted by Crippen LogP contribution is 2.32. The van der Waals surface area contributed by atoms with Gasteiger partial charge in [-0.3, -0.25) is 4.79 Å². The van der Waals surface area contributed by atoms with Crippen molar-refractivity contribution in [3.05, 3.63) is 23.8 Å². The highest BCUT2D eigenvalue weighted by molar-refractivity contribution is 5.98. The van der Waals surface area contributed by atoms with Gasteiger partial charge < -0.3 is 19.5 Å². The lowest BCUT2D eigenvalue weighted by molar-refractivity contribution is -0.305. The number of aryl methyl sites for hydroxylation is 1. The Morgan fingerprint density at radius 2 is 2.29 bits per heavy atom. The second-order valence-electron chi connectivity index (χ2n) is 3.93. The molecule has 0 spiro atoms. The van der Waals surface area contributed by atoms with Crippen LogP contribution in [-0.2, 0) is 9.59 Å². The van der Waals surface area contributed by atoms with Crippen LogP contribution in [0.3, 0.4) is 0 Å². The first-order valence-electron chi connectivity index (χ1n) is 5.31. The molecule has 5 nitrogen and oxygen atoms in total. The molecule has 2 rings (SSSR count). The van der Waals surface area contributed by atoms with Crippen LogP contribution in [0.2, 0.25) is 0 Å². The molecule has 5 heteroatoms. The number of fused-ring (bicyclic) bond motifs is 1. The first kappa shape index (κ1) is 11.4. The van der Waals surface area contributed by atoms with E-state index < -0.39 is 5.97 Å². The zero-order chi connectivity index (χ0) is 12.4. The van der Waals surface area contributed by atoms with Gasteiger partial charge in [-0.25, -0.2) is 0 Å². The van der Waals surface area contributed by atoms with Gasteiger partial charge in [0, 0.05) is 18.9 Å². The van der Waals surface area contributed by atoms with Crippen LogP contribution in [0.25, 0.3) is 0 Å². The van der Waals surface area contributed by atoms with Crippen LogP contribution >= 0.6 is 0 Å². The molecule has 0 aliphatic carbocycles. The van der Waals surface area contributed by atoms with Crippen molar-refractivity contribution in [2.24, 2.45) is 0 Å². The van der Waals surface area contributed by atoms with Gasteiger partial charge in [-0.05, 0) is 24.6 Å². The Labute approximate surface area is 98.6 Å². The summed E-state index contributed by atoms with van der Waals surface area (Å²) in [4.78, 5) is 23.5. The Kier molecular flexibility index (Phi) is 2.99. The Morgan fingerprint density at radius 1 is 1.53 bits per heavy atom. The minimum Gasteiger partial charge on any atom is -0.550 e. The lowest BCUT2D eigenvalue weighted by atomic mass is 10.1. The Hall–Kier alpha value is -2.04. The molecule has 1 aliphatic heterocycles. The number of hydrogen-bond acceptors (Lipinski definition) is 4. The van der Waals surface area contributed by atoms with Crippen LogP contribution in [0, 0.1) is 6.92 Å². The molecule has 1 amide bonds. The molecule has 0 fully saturated rings. The van der Waals surface area contributed by atoms with Crippen LogP contribution in [0.4, 0.5) is 5.69 Å². The molecule has 0 saturated heterocycles. The van der Waals surface area contributed by atoms with E-state index in [1.807, 2.05) is 19.1 Å². The van der Waals surface area contributed by atoms with Crippen molar-refractivity contribution in [1.29, 1.82) is 0 Å². The molecule has 0 atom stereocenters. The SMILES string of the molecule is Cc1ccc2c(c1)N(CCC(=O)[O-])C(=O)CO2. The first-order chi connectivity index (χ1) is 8.08. The molecular weight excluding hydrogens is 222 g/mol. The number of aliphatic carboxylic acids is 1. The third kappa shape index (κ3) is 2.38. The van der Waals surface area contributed by atoms with Gasteiger partial charge in [-0.2, -0.15) is 0 Å². The van der Waals surface area contributed by atoms with E-state index in [-0.39, 0.29) is 25.5 Å². The minimum atomic E-state index is -1.17. The summed E-state index contributed by atoms with van der Waals surface area (Å²) in [7, 11) is 0. The van der Waals surface area contributed by atoms with E-state index in [0.717, 1.165) is 5.56 Å². The number of carbonyl (C=O) groups excluding carboxylic acids is 2. The molecule has 0 saturated carbocycles. The van der Waals surface area contributed by atoms with E-state index in [0.29, 0.717) is 11.4 Å². The highest BCUT2D eigenvalue weighted by Gasteiger charge is 2.24. The van der Waals surface area contributed by atoms with Gasteiger partial charge in [-0.1, -0.05) is 6.07 Å². The van der Waals surface area contributed by atoms with E-state index in [4.69, 9.17) is 4.74 Å². The maximum atomic E-state index is 11.7. The summed E-state index contributed by atoms with van der Waals surface area (Å²) in [6.07, 6.45) is -0.181. The number of carboxylic acids is 1. The van der Waals surface area contributed by atoms with Crippen molar-refractivity contribution in [2.75, 3.05) is 18.1 Å². The largest absolute Gasteiger partial charge is 0.550 e. The zero-order valence-electron chi connectivity index (χ0n) is 9.43. The second kappa shape index (κ2) is 4.45. The molecule has 0 aromatic heterocycles. The number of amides is 1. The summed E-state index contributed by atoms with van der Waals surface area (Å²) in [6, 6.07) is 5.47. The average Bonchev–Trinajstić information content (AvgIpc) is 2.27. The van der Waals surface area contributed by atoms with E-state index in [1.165, 1.54) is 4.90 Å². The fraction of sp³-hybridized carbons (Fsp3) is 0.333. The third-order valence-corrected chi connectivity index (χ3v) is 2.60. The van der Waals surface area contributed by atoms with Crippen molar-refractivity contribution in [3.8, 4) is 5.75 Å². The maximum Gasteiger partial charge on any atom is 0.265 e. The molecule has 0 unspecified atom stereocenters. The van der Waals surface area contributed by atoms with Crippen LogP contribution in [-0.4, -0.2) is 25.0 Å². The monoisotopic (exact) mass is 234 g/mol. The van der Waals surface area contributed by atoms with Crippen molar-refractivity contribution in [2.45, 2.75) is 13.3 Å². The fourth-order valence-electron chi connectivity index (χ4n) is 1.76. The summed E-state index contributed by atoms with van der Waals surface area (Å²) in [6.45, 7) is 1.96. The molecule has 0 bridgehead atoms. The molecule has 90 valence electrons. The Morgan fingerprint density at radius 3 is 3.00 bits per heavy atom. The predicted octanol–water partition coefficient (Wildman–Crippen LogP) is -0.140. The van der Waals surface area contributed by atoms with Crippen LogP contribution in [0.5, 0.6) is 5.75 Å². The van der Waals surface area contributed by atoms with Crippen molar-refractivity contribution in [1.82, 2.24) is 0 Å². The predicted molar refractivity (Wildman–Crippen MR) is 58.7 cm³/mol. The number of carbonyl (C=O) groups is 2. The molecule has 1 heterocycles. The van der Waals surface area contributed by atoms with Crippen LogP contribution in [0.15, 0.2) is 18.2 Å². The molecule has 1 aliphatic rings. The Balaban J connectivity index is 2.28. The number of hydrogen-bond donors (Lipinski definition) is 0. The number of anilines is 1. The summed E-state index contributed by atoms with van der Waals surface area (Å²) < 4.78 is 5.27. The molecule has 0 radical (unpaired) electrons. The third-order valence-electron chi connectivity index (χ3n) is 2.60. The standard InChI is InChI=1S/C12H13NO4/c1-8-2-3-10-9(6-8)13(5-4-12(15)16)11(14)7-17-10/h2-3,6H,4-5,7H2,1H3,(H,15,16)/p-1. The van der Waals surface area contributed by atoms with E-state index in [1.54, 1.807) is 6.07 Å². The van der Waals surface area contributed by atoms with Gasteiger partial charge in [0.15, 0.2) is 6.61 Å². The van der Waals surface area contributed by atoms with Crippen LogP contribution in [0.1, 0.15) is 12.0 Å². The smallest absolute Gasteiger partial charge is 0.265 e. The average molecular weight is 234 g/mol. The topological polar surface area (TPSA) is 69.7 Å². The number of ether oxygens (including phenoxy) is 1. The normalized spacial score (nSPS) is 14.2. The van der Waals surface area contributed by atoms with Gasteiger partial charge in [0.1, 0.15) is 5.75 Å². The summed E-state index contributed by atoms with van der Waals surface area (Å²) >= 11 is 0. The second-order valence-corrected chi connectivity index (χ2v) is 3.93. The van der Waals surface area contributed by atoms with E-state index in [9.17, 15) is 14.7 Å².